The SMILES string of the molecule is O=C(Cc1c(Cl)cccc1Cl)N[S+]1CCCCC1C(=O)[O-]. The molecule has 1 aliphatic rings. The van der Waals surface area contributed by atoms with Crippen LogP contribution in [0.15, 0.2) is 18.2 Å². The van der Waals surface area contributed by atoms with Crippen molar-refractivity contribution in [3.8, 4) is 0 Å². The van der Waals surface area contributed by atoms with Crippen LogP contribution in [0.25, 0.3) is 0 Å². The van der Waals surface area contributed by atoms with Gasteiger partial charge in [0.25, 0.3) is 5.91 Å². The number of rotatable bonds is 4. The molecule has 2 unspecified atom stereocenters. The van der Waals surface area contributed by atoms with Gasteiger partial charge in [0.1, 0.15) is 16.8 Å². The molecule has 2 atom stereocenters. The predicted octanol–water partition coefficient (Wildman–Crippen LogP) is 1.49. The van der Waals surface area contributed by atoms with Crippen LogP contribution in [-0.4, -0.2) is 22.9 Å². The normalized spacial score (nSPS) is 21.8. The number of carboxylic acids is 1. The zero-order valence-corrected chi connectivity index (χ0v) is 13.6. The van der Waals surface area contributed by atoms with Crippen molar-refractivity contribution in [3.05, 3.63) is 33.8 Å². The number of carbonyl (C=O) groups is 2. The highest BCUT2D eigenvalue weighted by atomic mass is 35.5. The van der Waals surface area contributed by atoms with Gasteiger partial charge in [0.2, 0.25) is 0 Å². The van der Waals surface area contributed by atoms with Crippen LogP contribution in [0.2, 0.25) is 10.0 Å². The van der Waals surface area contributed by atoms with Gasteiger partial charge >= 0.3 is 0 Å². The lowest BCUT2D eigenvalue weighted by molar-refractivity contribution is -0.305. The Kier molecular flexibility index (Phi) is 5.79. The molecule has 21 heavy (non-hydrogen) atoms. The summed E-state index contributed by atoms with van der Waals surface area (Å²) in [4.78, 5) is 23.2. The average molecular weight is 348 g/mol. The van der Waals surface area contributed by atoms with Crippen LogP contribution < -0.4 is 9.83 Å². The van der Waals surface area contributed by atoms with E-state index in [-0.39, 0.29) is 12.3 Å². The molecule has 1 saturated heterocycles. The Bertz CT molecular complexity index is 533. The van der Waals surface area contributed by atoms with Gasteiger partial charge in [-0.05, 0) is 30.5 Å². The first-order valence-electron chi connectivity index (χ1n) is 6.62. The fraction of sp³-hybridized carbons (Fsp3) is 0.429. The molecule has 1 aliphatic heterocycles. The highest BCUT2D eigenvalue weighted by Gasteiger charge is 2.37. The van der Waals surface area contributed by atoms with E-state index in [4.69, 9.17) is 23.2 Å². The van der Waals surface area contributed by atoms with Crippen LogP contribution in [0, 0.1) is 0 Å². The zero-order valence-electron chi connectivity index (χ0n) is 11.2. The van der Waals surface area contributed by atoms with Crippen molar-refractivity contribution < 1.29 is 14.7 Å². The summed E-state index contributed by atoms with van der Waals surface area (Å²) in [5, 5.41) is 11.4. The van der Waals surface area contributed by atoms with Gasteiger partial charge in [0.15, 0.2) is 5.25 Å². The Hall–Kier alpha value is -0.910. The minimum Gasteiger partial charge on any atom is -0.545 e. The Labute approximate surface area is 136 Å². The maximum absolute atomic E-state index is 12.1. The Morgan fingerprint density at radius 2 is 1.95 bits per heavy atom. The second-order valence-corrected chi connectivity index (χ2v) is 7.69. The molecule has 0 saturated carbocycles. The first-order chi connectivity index (χ1) is 9.99. The van der Waals surface area contributed by atoms with Crippen LogP contribution in [0.1, 0.15) is 24.8 Å². The van der Waals surface area contributed by atoms with E-state index in [0.29, 0.717) is 27.8 Å². The van der Waals surface area contributed by atoms with Crippen LogP contribution in [0.4, 0.5) is 0 Å². The van der Waals surface area contributed by atoms with Gasteiger partial charge in [0.05, 0.1) is 12.4 Å². The van der Waals surface area contributed by atoms with Gasteiger partial charge in [-0.25, -0.2) is 0 Å². The zero-order chi connectivity index (χ0) is 15.4. The van der Waals surface area contributed by atoms with Crippen molar-refractivity contribution >= 4 is 46.2 Å². The van der Waals surface area contributed by atoms with Gasteiger partial charge < -0.3 is 9.90 Å². The number of carboxylic acid groups (broad SMARTS) is 1. The van der Waals surface area contributed by atoms with Crippen molar-refractivity contribution in [2.45, 2.75) is 30.9 Å². The van der Waals surface area contributed by atoms with E-state index in [1.165, 1.54) is 0 Å². The predicted molar refractivity (Wildman–Crippen MR) is 83.2 cm³/mol. The first-order valence-corrected chi connectivity index (χ1v) is 8.83. The summed E-state index contributed by atoms with van der Waals surface area (Å²) in [6, 6.07) is 5.05. The smallest absolute Gasteiger partial charge is 0.265 e. The maximum atomic E-state index is 12.1. The lowest BCUT2D eigenvalue weighted by Crippen LogP contribution is -2.51. The minimum absolute atomic E-state index is 0.0434. The summed E-state index contributed by atoms with van der Waals surface area (Å²) in [6.07, 6.45) is 2.37. The van der Waals surface area contributed by atoms with Crippen LogP contribution >= 0.6 is 23.2 Å². The molecule has 1 N–H and O–H groups in total. The van der Waals surface area contributed by atoms with Gasteiger partial charge in [-0.1, -0.05) is 29.3 Å². The highest BCUT2D eigenvalue weighted by molar-refractivity contribution is 7.96. The van der Waals surface area contributed by atoms with Gasteiger partial charge in [-0.15, -0.1) is 0 Å². The van der Waals surface area contributed by atoms with Crippen molar-refractivity contribution in [2.24, 2.45) is 0 Å². The third-order valence-electron chi connectivity index (χ3n) is 3.33. The fourth-order valence-corrected chi connectivity index (χ4v) is 4.90. The molecule has 0 aliphatic carbocycles. The molecule has 2 rings (SSSR count). The maximum Gasteiger partial charge on any atom is 0.265 e. The van der Waals surface area contributed by atoms with E-state index in [0.717, 1.165) is 12.8 Å². The number of carbonyl (C=O) groups excluding carboxylic acids is 2. The molecule has 0 radical (unpaired) electrons. The summed E-state index contributed by atoms with van der Waals surface area (Å²) in [6.45, 7) is 0. The van der Waals surface area contributed by atoms with Crippen molar-refractivity contribution in [1.82, 2.24) is 4.72 Å². The number of hydrogen-bond donors (Lipinski definition) is 1. The second kappa shape index (κ2) is 7.38. The molecule has 1 fully saturated rings. The second-order valence-electron chi connectivity index (χ2n) is 4.84. The Morgan fingerprint density at radius 1 is 1.29 bits per heavy atom. The van der Waals surface area contributed by atoms with Crippen molar-refractivity contribution in [3.63, 3.8) is 0 Å². The molecular formula is C14H15Cl2NO3S. The Balaban J connectivity index is 2.02. The average Bonchev–Trinajstić information content (AvgIpc) is 2.43. The number of benzene rings is 1. The molecule has 1 heterocycles. The Morgan fingerprint density at radius 3 is 2.57 bits per heavy atom. The fourth-order valence-electron chi connectivity index (χ4n) is 2.27. The number of hydrogen-bond acceptors (Lipinski definition) is 3. The molecule has 4 nitrogen and oxygen atoms in total. The van der Waals surface area contributed by atoms with Gasteiger partial charge in [-0.2, -0.15) is 4.72 Å². The lowest BCUT2D eigenvalue weighted by Gasteiger charge is -2.23. The number of amides is 1. The first kappa shape index (κ1) is 16.5. The molecule has 1 aromatic rings. The number of nitrogens with one attached hydrogen (secondary N) is 1. The van der Waals surface area contributed by atoms with Gasteiger partial charge in [0, 0.05) is 16.5 Å². The number of halogens is 2. The summed E-state index contributed by atoms with van der Waals surface area (Å²) in [5.41, 5.74) is 0.559. The molecular weight excluding hydrogens is 333 g/mol. The van der Waals surface area contributed by atoms with E-state index in [2.05, 4.69) is 4.72 Å². The molecule has 0 spiro atoms. The van der Waals surface area contributed by atoms with Crippen LogP contribution in [0.5, 0.6) is 0 Å². The summed E-state index contributed by atoms with van der Waals surface area (Å²) in [7, 11) is 0. The lowest BCUT2D eigenvalue weighted by atomic mass is 10.1. The topological polar surface area (TPSA) is 69.2 Å². The molecule has 0 aromatic heterocycles. The summed E-state index contributed by atoms with van der Waals surface area (Å²) in [5.74, 6) is -0.670. The third-order valence-corrected chi connectivity index (χ3v) is 6.37. The van der Waals surface area contributed by atoms with E-state index in [9.17, 15) is 14.7 Å². The third kappa shape index (κ3) is 4.28. The van der Waals surface area contributed by atoms with Gasteiger partial charge in [-0.3, -0.25) is 4.79 Å². The summed E-state index contributed by atoms with van der Waals surface area (Å²) >= 11 is 11.4. The minimum atomic E-state index is -1.09. The van der Waals surface area contributed by atoms with Crippen molar-refractivity contribution in [1.29, 1.82) is 0 Å². The van der Waals surface area contributed by atoms with E-state index >= 15 is 0 Å². The molecule has 1 aromatic carbocycles. The van der Waals surface area contributed by atoms with E-state index in [1.54, 1.807) is 18.2 Å². The summed E-state index contributed by atoms with van der Waals surface area (Å²) < 4.78 is 2.80. The standard InChI is InChI=1S/C14H15Cl2NO3S/c15-10-4-3-5-11(16)9(10)8-13(18)17-21-7-2-1-6-12(21)14(19)20/h3-5,12H,1-2,6-8H2,(H-,17,18,19,20). The molecule has 114 valence electrons. The number of aliphatic carboxylic acids is 1. The largest absolute Gasteiger partial charge is 0.545 e. The quantitative estimate of drug-likeness (QED) is 0.839. The van der Waals surface area contributed by atoms with E-state index < -0.39 is 22.3 Å². The van der Waals surface area contributed by atoms with Crippen LogP contribution in [0.3, 0.4) is 0 Å². The molecule has 7 heteroatoms. The molecule has 1 amide bonds. The monoisotopic (exact) mass is 347 g/mol. The van der Waals surface area contributed by atoms with E-state index in [1.807, 2.05) is 0 Å². The van der Waals surface area contributed by atoms with Crippen molar-refractivity contribution in [2.75, 3.05) is 5.75 Å². The van der Waals surface area contributed by atoms with Crippen LogP contribution in [-0.2, 0) is 27.1 Å². The highest BCUT2D eigenvalue weighted by Crippen LogP contribution is 2.25. The molecule has 0 bridgehead atoms.